The number of carbonyl (C=O) groups excluding carboxylic acids is 1. The molecule has 0 fully saturated rings. The van der Waals surface area contributed by atoms with Crippen molar-refractivity contribution in [1.82, 2.24) is 4.98 Å². The van der Waals surface area contributed by atoms with Gasteiger partial charge in [-0.3, -0.25) is 0 Å². The number of pyridine rings is 1. The van der Waals surface area contributed by atoms with Crippen LogP contribution in [0.5, 0.6) is 0 Å². The van der Waals surface area contributed by atoms with Gasteiger partial charge in [0.05, 0.1) is 16.9 Å². The molecule has 0 amide bonds. The van der Waals surface area contributed by atoms with Crippen molar-refractivity contribution in [3.63, 3.8) is 0 Å². The van der Waals surface area contributed by atoms with Crippen LogP contribution in [0, 0.1) is 6.92 Å². The van der Waals surface area contributed by atoms with Gasteiger partial charge in [-0.25, -0.2) is 9.78 Å². The van der Waals surface area contributed by atoms with E-state index >= 15 is 0 Å². The lowest BCUT2D eigenvalue weighted by Gasteiger charge is -2.03. The van der Waals surface area contributed by atoms with E-state index in [0.717, 1.165) is 15.6 Å². The van der Waals surface area contributed by atoms with Gasteiger partial charge in [-0.2, -0.15) is 0 Å². The van der Waals surface area contributed by atoms with Gasteiger partial charge in [-0.1, -0.05) is 11.6 Å². The highest BCUT2D eigenvalue weighted by molar-refractivity contribution is 7.17. The van der Waals surface area contributed by atoms with Gasteiger partial charge in [-0.05, 0) is 24.8 Å². The zero-order chi connectivity index (χ0) is 11.7. The predicted molar refractivity (Wildman–Crippen MR) is 65.3 cm³/mol. The van der Waals surface area contributed by atoms with Crippen LogP contribution in [-0.4, -0.2) is 17.6 Å². The molecule has 0 unspecified atom stereocenters. The predicted octanol–water partition coefficient (Wildman–Crippen LogP) is 3.43. The summed E-state index contributed by atoms with van der Waals surface area (Å²) in [5.74, 6) is -0.349. The molecule has 2 aromatic rings. The molecule has 0 aliphatic rings. The van der Waals surface area contributed by atoms with Crippen LogP contribution in [0.2, 0.25) is 5.15 Å². The minimum Gasteiger partial charge on any atom is -0.462 e. The summed E-state index contributed by atoms with van der Waals surface area (Å²) in [5.41, 5.74) is 1.52. The quantitative estimate of drug-likeness (QED) is 0.610. The summed E-state index contributed by atoms with van der Waals surface area (Å²) in [4.78, 5) is 15.7. The summed E-state index contributed by atoms with van der Waals surface area (Å²) in [7, 11) is 0. The van der Waals surface area contributed by atoms with E-state index in [1.165, 1.54) is 17.5 Å². The van der Waals surface area contributed by atoms with Gasteiger partial charge in [0.15, 0.2) is 0 Å². The second kappa shape index (κ2) is 4.39. The number of esters is 1. The van der Waals surface area contributed by atoms with Gasteiger partial charge in [0.1, 0.15) is 5.15 Å². The Morgan fingerprint density at radius 1 is 1.62 bits per heavy atom. The zero-order valence-electron chi connectivity index (χ0n) is 8.91. The third-order valence-electron chi connectivity index (χ3n) is 2.23. The van der Waals surface area contributed by atoms with Crippen molar-refractivity contribution < 1.29 is 9.53 Å². The molecular formula is C11H10ClNO2S. The first-order chi connectivity index (χ1) is 7.65. The molecule has 0 saturated heterocycles. The lowest BCUT2D eigenvalue weighted by Crippen LogP contribution is -2.05. The van der Waals surface area contributed by atoms with Crippen LogP contribution in [0.15, 0.2) is 11.6 Å². The van der Waals surface area contributed by atoms with E-state index in [1.54, 1.807) is 6.92 Å². The number of ether oxygens (including phenoxy) is 1. The van der Waals surface area contributed by atoms with Crippen LogP contribution in [0.25, 0.3) is 10.1 Å². The molecule has 0 atom stereocenters. The summed E-state index contributed by atoms with van der Waals surface area (Å²) in [6.45, 7) is 4.08. The maximum absolute atomic E-state index is 11.7. The first-order valence-electron chi connectivity index (χ1n) is 4.84. The largest absolute Gasteiger partial charge is 0.462 e. The molecule has 0 aliphatic carbocycles. The third kappa shape index (κ3) is 1.79. The van der Waals surface area contributed by atoms with E-state index in [4.69, 9.17) is 16.3 Å². The summed E-state index contributed by atoms with van der Waals surface area (Å²) in [5, 5.41) is 3.24. The Hall–Kier alpha value is -1.13. The molecule has 3 nitrogen and oxygen atoms in total. The monoisotopic (exact) mass is 255 g/mol. The van der Waals surface area contributed by atoms with Crippen molar-refractivity contribution in [2.75, 3.05) is 6.61 Å². The van der Waals surface area contributed by atoms with E-state index in [-0.39, 0.29) is 5.97 Å². The van der Waals surface area contributed by atoms with E-state index in [2.05, 4.69) is 4.98 Å². The van der Waals surface area contributed by atoms with E-state index < -0.39 is 0 Å². The number of halogens is 1. The van der Waals surface area contributed by atoms with Crippen LogP contribution < -0.4 is 0 Å². The molecule has 2 rings (SSSR count). The van der Waals surface area contributed by atoms with Gasteiger partial charge in [-0.15, -0.1) is 11.3 Å². The number of hydrogen-bond donors (Lipinski definition) is 0. The molecule has 5 heteroatoms. The van der Waals surface area contributed by atoms with Crippen molar-refractivity contribution in [2.45, 2.75) is 13.8 Å². The topological polar surface area (TPSA) is 39.2 Å². The van der Waals surface area contributed by atoms with Crippen molar-refractivity contribution >= 4 is 39.0 Å². The Kier molecular flexibility index (Phi) is 3.12. The lowest BCUT2D eigenvalue weighted by molar-refractivity contribution is 0.0528. The summed E-state index contributed by atoms with van der Waals surface area (Å²) >= 11 is 7.48. The van der Waals surface area contributed by atoms with Gasteiger partial charge in [0, 0.05) is 11.6 Å². The number of fused-ring (bicyclic) bond motifs is 1. The number of aromatic nitrogens is 1. The Labute approximate surface area is 102 Å². The Balaban J connectivity index is 2.64. The van der Waals surface area contributed by atoms with Crippen LogP contribution in [0.4, 0.5) is 0 Å². The van der Waals surface area contributed by atoms with Gasteiger partial charge in [0.2, 0.25) is 0 Å². The molecule has 84 valence electrons. The number of hydrogen-bond acceptors (Lipinski definition) is 4. The molecule has 2 heterocycles. The van der Waals surface area contributed by atoms with Crippen LogP contribution in [0.1, 0.15) is 22.8 Å². The fourth-order valence-corrected chi connectivity index (χ4v) is 2.90. The first-order valence-corrected chi connectivity index (χ1v) is 6.10. The Bertz CT molecular complexity index is 550. The average molecular weight is 256 g/mol. The highest BCUT2D eigenvalue weighted by atomic mass is 35.5. The highest BCUT2D eigenvalue weighted by Crippen LogP contribution is 2.33. The van der Waals surface area contributed by atoms with Gasteiger partial charge < -0.3 is 4.74 Å². The average Bonchev–Trinajstić information content (AvgIpc) is 2.62. The smallest absolute Gasteiger partial charge is 0.341 e. The number of rotatable bonds is 2. The molecule has 0 spiro atoms. The van der Waals surface area contributed by atoms with Crippen LogP contribution in [-0.2, 0) is 4.74 Å². The van der Waals surface area contributed by atoms with Crippen molar-refractivity contribution in [1.29, 1.82) is 0 Å². The number of aryl methyl sites for hydroxylation is 1. The standard InChI is InChI=1S/C11H10ClNO2S/c1-3-15-11(14)7-4-13-10(12)8-6(2)5-16-9(7)8/h4-5H,3H2,1-2H3. The number of thiophene rings is 1. The first kappa shape index (κ1) is 11.4. The summed E-state index contributed by atoms with van der Waals surface area (Å²) < 4.78 is 5.81. The molecule has 16 heavy (non-hydrogen) atoms. The maximum atomic E-state index is 11.7. The summed E-state index contributed by atoms with van der Waals surface area (Å²) in [6, 6.07) is 0. The van der Waals surface area contributed by atoms with Crippen LogP contribution >= 0.6 is 22.9 Å². The maximum Gasteiger partial charge on any atom is 0.341 e. The summed E-state index contributed by atoms with van der Waals surface area (Å²) in [6.07, 6.45) is 1.47. The van der Waals surface area contributed by atoms with E-state index in [1.807, 2.05) is 12.3 Å². The third-order valence-corrected chi connectivity index (χ3v) is 3.65. The second-order valence-electron chi connectivity index (χ2n) is 3.31. The second-order valence-corrected chi connectivity index (χ2v) is 4.54. The minimum absolute atomic E-state index is 0.349. The number of nitrogens with zero attached hydrogens (tertiary/aromatic N) is 1. The zero-order valence-corrected chi connectivity index (χ0v) is 10.5. The molecule has 0 N–H and O–H groups in total. The highest BCUT2D eigenvalue weighted by Gasteiger charge is 2.16. The van der Waals surface area contributed by atoms with Crippen molar-refractivity contribution in [3.8, 4) is 0 Å². The fourth-order valence-electron chi connectivity index (χ4n) is 1.50. The molecular weight excluding hydrogens is 246 g/mol. The van der Waals surface area contributed by atoms with E-state index in [0.29, 0.717) is 17.3 Å². The molecule has 0 aliphatic heterocycles. The normalized spacial score (nSPS) is 10.7. The van der Waals surface area contributed by atoms with Gasteiger partial charge in [0.25, 0.3) is 0 Å². The van der Waals surface area contributed by atoms with E-state index in [9.17, 15) is 4.79 Å². The van der Waals surface area contributed by atoms with Crippen molar-refractivity contribution in [3.05, 3.63) is 27.9 Å². The Morgan fingerprint density at radius 2 is 2.38 bits per heavy atom. The molecule has 0 bridgehead atoms. The minimum atomic E-state index is -0.349. The van der Waals surface area contributed by atoms with Gasteiger partial charge >= 0.3 is 5.97 Å². The molecule has 2 aromatic heterocycles. The molecule has 0 saturated carbocycles. The fraction of sp³-hybridized carbons (Fsp3) is 0.273. The lowest BCUT2D eigenvalue weighted by atomic mass is 10.2. The Morgan fingerprint density at radius 3 is 3.06 bits per heavy atom. The molecule has 0 aromatic carbocycles. The van der Waals surface area contributed by atoms with Crippen molar-refractivity contribution in [2.24, 2.45) is 0 Å². The van der Waals surface area contributed by atoms with Crippen LogP contribution in [0.3, 0.4) is 0 Å². The molecule has 0 radical (unpaired) electrons. The SMILES string of the molecule is CCOC(=O)c1cnc(Cl)c2c(C)csc12. The number of carbonyl (C=O) groups is 1.